The van der Waals surface area contributed by atoms with Crippen molar-refractivity contribution in [1.82, 2.24) is 15.0 Å². The van der Waals surface area contributed by atoms with Crippen LogP contribution in [0.4, 0.5) is 5.82 Å². The van der Waals surface area contributed by atoms with Gasteiger partial charge in [-0.25, -0.2) is 9.97 Å². The van der Waals surface area contributed by atoms with E-state index in [2.05, 4.69) is 33.5 Å². The molecular weight excluding hydrogens is 272 g/mol. The van der Waals surface area contributed by atoms with Crippen LogP contribution in [-0.4, -0.2) is 22.0 Å². The largest absolute Gasteiger partial charge is 0.373 e. The molecule has 0 saturated heterocycles. The number of aromatic nitrogens is 3. The highest BCUT2D eigenvalue weighted by atomic mass is 15.0. The summed E-state index contributed by atoms with van der Waals surface area (Å²) in [6.45, 7) is 0. The molecule has 1 N–H and O–H groups in total. The van der Waals surface area contributed by atoms with Crippen LogP contribution in [0.15, 0.2) is 42.6 Å². The maximum absolute atomic E-state index is 4.72. The number of hydrogen-bond acceptors (Lipinski definition) is 4. The zero-order valence-corrected chi connectivity index (χ0v) is 12.4. The lowest BCUT2D eigenvalue weighted by atomic mass is 9.96. The third-order valence-corrected chi connectivity index (χ3v) is 4.00. The summed E-state index contributed by atoms with van der Waals surface area (Å²) in [6, 6.07) is 10.1. The minimum absolute atomic E-state index is 0.690. The van der Waals surface area contributed by atoms with Gasteiger partial charge in [0.1, 0.15) is 11.5 Å². The number of allylic oxidation sites excluding steroid dienone is 1. The Morgan fingerprint density at radius 1 is 1.09 bits per heavy atom. The number of rotatable bonds is 2. The average Bonchev–Trinajstić information content (AvgIpc) is 2.60. The second kappa shape index (κ2) is 5.22. The smallest absolute Gasteiger partial charge is 0.181 e. The summed E-state index contributed by atoms with van der Waals surface area (Å²) in [5, 5.41) is 4.19. The Morgan fingerprint density at radius 3 is 2.91 bits per heavy atom. The van der Waals surface area contributed by atoms with Gasteiger partial charge in [0.05, 0.1) is 5.52 Å². The van der Waals surface area contributed by atoms with Crippen molar-refractivity contribution in [3.05, 3.63) is 53.7 Å². The van der Waals surface area contributed by atoms with E-state index in [1.54, 1.807) is 0 Å². The van der Waals surface area contributed by atoms with Gasteiger partial charge in [0.25, 0.3) is 0 Å². The average molecular weight is 288 g/mol. The summed E-state index contributed by atoms with van der Waals surface area (Å²) >= 11 is 0. The zero-order valence-electron chi connectivity index (χ0n) is 12.4. The van der Waals surface area contributed by atoms with E-state index in [0.29, 0.717) is 5.82 Å². The van der Waals surface area contributed by atoms with Crippen molar-refractivity contribution in [3.63, 3.8) is 0 Å². The summed E-state index contributed by atoms with van der Waals surface area (Å²) in [5.41, 5.74) is 4.29. The third-order valence-electron chi connectivity index (χ3n) is 4.00. The number of anilines is 1. The van der Waals surface area contributed by atoms with E-state index in [4.69, 9.17) is 4.98 Å². The molecule has 2 aromatic heterocycles. The maximum atomic E-state index is 4.72. The first-order valence-corrected chi connectivity index (χ1v) is 7.46. The number of nitrogens with one attached hydrogen (secondary N) is 1. The molecule has 0 aliphatic heterocycles. The number of para-hydroxylation sites is 1. The van der Waals surface area contributed by atoms with Crippen LogP contribution >= 0.6 is 0 Å². The topological polar surface area (TPSA) is 50.7 Å². The number of benzene rings is 1. The molecule has 0 unspecified atom stereocenters. The molecule has 0 fully saturated rings. The summed E-state index contributed by atoms with van der Waals surface area (Å²) in [4.78, 5) is 14.0. The van der Waals surface area contributed by atoms with Gasteiger partial charge in [-0.3, -0.25) is 4.98 Å². The molecule has 1 aliphatic carbocycles. The highest BCUT2D eigenvalue weighted by molar-refractivity contribution is 5.90. The Hall–Kier alpha value is -2.75. The predicted octanol–water partition coefficient (Wildman–Crippen LogP) is 3.69. The second-order valence-electron chi connectivity index (χ2n) is 5.33. The van der Waals surface area contributed by atoms with Crippen molar-refractivity contribution in [2.75, 3.05) is 12.4 Å². The molecule has 0 spiro atoms. The lowest BCUT2D eigenvalue weighted by Gasteiger charge is -2.14. The molecule has 22 heavy (non-hydrogen) atoms. The third kappa shape index (κ3) is 2.04. The Bertz CT molecular complexity index is 883. The van der Waals surface area contributed by atoms with Crippen LogP contribution in [0.5, 0.6) is 0 Å². The van der Waals surface area contributed by atoms with Gasteiger partial charge in [-0.15, -0.1) is 0 Å². The van der Waals surface area contributed by atoms with Crippen molar-refractivity contribution >= 4 is 22.8 Å². The van der Waals surface area contributed by atoms with Crippen LogP contribution in [0.25, 0.3) is 28.5 Å². The van der Waals surface area contributed by atoms with E-state index in [1.165, 1.54) is 11.1 Å². The van der Waals surface area contributed by atoms with Crippen molar-refractivity contribution < 1.29 is 0 Å². The molecule has 4 heteroatoms. The lowest BCUT2D eigenvalue weighted by molar-refractivity contribution is 0.967. The van der Waals surface area contributed by atoms with E-state index in [1.807, 2.05) is 37.5 Å². The Morgan fingerprint density at radius 2 is 2.00 bits per heavy atom. The van der Waals surface area contributed by atoms with E-state index < -0.39 is 0 Å². The first kappa shape index (κ1) is 13.0. The Kier molecular flexibility index (Phi) is 3.07. The summed E-state index contributed by atoms with van der Waals surface area (Å²) in [5.74, 6) is 1.53. The zero-order chi connectivity index (χ0) is 14.9. The van der Waals surface area contributed by atoms with Crippen molar-refractivity contribution in [3.8, 4) is 11.5 Å². The van der Waals surface area contributed by atoms with Crippen LogP contribution in [-0.2, 0) is 6.42 Å². The number of nitrogens with zero attached hydrogens (tertiary/aromatic N) is 3. The lowest BCUT2D eigenvalue weighted by Crippen LogP contribution is -2.04. The van der Waals surface area contributed by atoms with Crippen molar-refractivity contribution in [2.45, 2.75) is 12.8 Å². The molecule has 0 bridgehead atoms. The predicted molar refractivity (Wildman–Crippen MR) is 89.7 cm³/mol. The highest BCUT2D eigenvalue weighted by Gasteiger charge is 2.16. The van der Waals surface area contributed by atoms with Gasteiger partial charge >= 0.3 is 0 Å². The van der Waals surface area contributed by atoms with E-state index in [0.717, 1.165) is 35.3 Å². The second-order valence-corrected chi connectivity index (χ2v) is 5.33. The molecule has 4 rings (SSSR count). The van der Waals surface area contributed by atoms with Crippen LogP contribution in [0.1, 0.15) is 17.5 Å². The van der Waals surface area contributed by atoms with Crippen LogP contribution in [0, 0.1) is 0 Å². The fraction of sp³-hybridized carbons (Fsp3) is 0.167. The monoisotopic (exact) mass is 288 g/mol. The van der Waals surface area contributed by atoms with Gasteiger partial charge in [0.15, 0.2) is 5.82 Å². The minimum atomic E-state index is 0.690. The highest BCUT2D eigenvalue weighted by Crippen LogP contribution is 2.29. The molecule has 0 saturated carbocycles. The molecule has 2 heterocycles. The van der Waals surface area contributed by atoms with E-state index in [-0.39, 0.29) is 0 Å². The first-order valence-electron chi connectivity index (χ1n) is 7.46. The van der Waals surface area contributed by atoms with Gasteiger partial charge in [-0.05, 0) is 42.2 Å². The summed E-state index contributed by atoms with van der Waals surface area (Å²) in [7, 11) is 1.88. The van der Waals surface area contributed by atoms with Crippen LogP contribution < -0.4 is 5.32 Å². The Labute approximate surface area is 129 Å². The molecule has 0 atom stereocenters. The molecule has 4 nitrogen and oxygen atoms in total. The fourth-order valence-corrected chi connectivity index (χ4v) is 2.93. The van der Waals surface area contributed by atoms with E-state index >= 15 is 0 Å². The molecule has 0 amide bonds. The molecule has 1 aliphatic rings. The number of pyridine rings is 1. The quantitative estimate of drug-likeness (QED) is 0.781. The Balaban J connectivity index is 1.97. The minimum Gasteiger partial charge on any atom is -0.373 e. The van der Waals surface area contributed by atoms with Gasteiger partial charge in [-0.1, -0.05) is 24.3 Å². The van der Waals surface area contributed by atoms with E-state index in [9.17, 15) is 0 Å². The number of fused-ring (bicyclic) bond motifs is 2. The fourth-order valence-electron chi connectivity index (χ4n) is 2.93. The molecule has 108 valence electrons. The molecular formula is C18H16N4. The molecule has 1 aromatic carbocycles. The van der Waals surface area contributed by atoms with Gasteiger partial charge in [0.2, 0.25) is 0 Å². The van der Waals surface area contributed by atoms with Gasteiger partial charge in [-0.2, -0.15) is 0 Å². The maximum Gasteiger partial charge on any atom is 0.181 e. The molecule has 0 radical (unpaired) electrons. The molecule has 3 aromatic rings. The first-order chi connectivity index (χ1) is 10.9. The van der Waals surface area contributed by atoms with Gasteiger partial charge in [0, 0.05) is 18.6 Å². The summed E-state index contributed by atoms with van der Waals surface area (Å²) < 4.78 is 0. The van der Waals surface area contributed by atoms with Crippen LogP contribution in [0.2, 0.25) is 0 Å². The summed E-state index contributed by atoms with van der Waals surface area (Å²) in [6.07, 6.45) is 8.22. The van der Waals surface area contributed by atoms with Crippen molar-refractivity contribution in [2.24, 2.45) is 0 Å². The normalized spacial score (nSPS) is 13.1. The van der Waals surface area contributed by atoms with Crippen LogP contribution in [0.3, 0.4) is 0 Å². The SMILES string of the molecule is CNc1nc(-c2nccc3c2CCC=C3)nc2ccccc12. The van der Waals surface area contributed by atoms with Crippen molar-refractivity contribution in [1.29, 1.82) is 0 Å². The number of hydrogen-bond donors (Lipinski definition) is 1. The standard InChI is InChI=1S/C18H16N4/c1-19-17-14-8-4-5-9-15(14)21-18(22-17)16-13-7-3-2-6-12(13)10-11-20-16/h2,4-6,8-11H,3,7H2,1H3,(H,19,21,22). The van der Waals surface area contributed by atoms with Gasteiger partial charge < -0.3 is 5.32 Å².